The first-order valence-corrected chi connectivity index (χ1v) is 9.09. The van der Waals surface area contributed by atoms with Crippen molar-refractivity contribution in [3.63, 3.8) is 0 Å². The molecule has 0 aliphatic heterocycles. The number of hydrogen-bond donors (Lipinski definition) is 0. The van der Waals surface area contributed by atoms with Crippen LogP contribution in [0.5, 0.6) is 0 Å². The van der Waals surface area contributed by atoms with Gasteiger partial charge < -0.3 is 0 Å². The van der Waals surface area contributed by atoms with Crippen LogP contribution in [-0.2, 0) is 0 Å². The van der Waals surface area contributed by atoms with Crippen LogP contribution in [0.4, 0.5) is 0 Å². The van der Waals surface area contributed by atoms with E-state index in [1.807, 2.05) is 13.8 Å². The second-order valence-corrected chi connectivity index (χ2v) is 6.40. The fraction of sp³-hybridized carbons (Fsp3) is 0.800. The van der Waals surface area contributed by atoms with Gasteiger partial charge in [-0.1, -0.05) is 38.2 Å². The van der Waals surface area contributed by atoms with Crippen LogP contribution in [0.2, 0.25) is 0 Å². The summed E-state index contributed by atoms with van der Waals surface area (Å²) in [6.07, 6.45) is 21.1. The van der Waals surface area contributed by atoms with E-state index in [0.29, 0.717) is 0 Å². The van der Waals surface area contributed by atoms with Gasteiger partial charge in [0.2, 0.25) is 0 Å². The maximum Gasteiger partial charge on any atom is -0.0233 e. The lowest BCUT2D eigenvalue weighted by Gasteiger charge is -2.36. The molecule has 116 valence electrons. The lowest BCUT2D eigenvalue weighted by atomic mass is 9.69. The SMILES string of the molecule is CC.CC=CC1CCC(C2CCC(C=CC)CC2)CC1. The van der Waals surface area contributed by atoms with Crippen LogP contribution in [0.15, 0.2) is 24.3 Å². The zero-order valence-electron chi connectivity index (χ0n) is 14.3. The van der Waals surface area contributed by atoms with Gasteiger partial charge in [0, 0.05) is 0 Å². The molecule has 0 heteroatoms. The molecule has 0 N–H and O–H groups in total. The molecule has 0 saturated heterocycles. The smallest absolute Gasteiger partial charge is 0.0233 e. The third-order valence-electron chi connectivity index (χ3n) is 5.23. The molecule has 0 heterocycles. The van der Waals surface area contributed by atoms with E-state index in [0.717, 1.165) is 23.7 Å². The van der Waals surface area contributed by atoms with Gasteiger partial charge in [-0.2, -0.15) is 0 Å². The summed E-state index contributed by atoms with van der Waals surface area (Å²) in [5, 5.41) is 0. The molecule has 20 heavy (non-hydrogen) atoms. The Morgan fingerprint density at radius 2 is 0.850 bits per heavy atom. The molecule has 0 amide bonds. The quantitative estimate of drug-likeness (QED) is 0.498. The van der Waals surface area contributed by atoms with E-state index in [2.05, 4.69) is 38.2 Å². The van der Waals surface area contributed by atoms with Gasteiger partial charge >= 0.3 is 0 Å². The lowest BCUT2D eigenvalue weighted by Crippen LogP contribution is -2.25. The first-order chi connectivity index (χ1) is 9.83. The lowest BCUT2D eigenvalue weighted by molar-refractivity contribution is 0.166. The summed E-state index contributed by atoms with van der Waals surface area (Å²) in [6, 6.07) is 0. The molecule has 2 aliphatic carbocycles. The summed E-state index contributed by atoms with van der Waals surface area (Å²) in [7, 11) is 0. The topological polar surface area (TPSA) is 0 Å². The van der Waals surface area contributed by atoms with Gasteiger partial charge in [-0.25, -0.2) is 0 Å². The third-order valence-corrected chi connectivity index (χ3v) is 5.23. The summed E-state index contributed by atoms with van der Waals surface area (Å²) in [5.41, 5.74) is 0. The largest absolute Gasteiger partial charge is 0.0914 e. The second kappa shape index (κ2) is 10.2. The number of allylic oxidation sites excluding steroid dienone is 4. The zero-order chi connectivity index (χ0) is 14.8. The van der Waals surface area contributed by atoms with Gasteiger partial charge in [-0.15, -0.1) is 0 Å². The van der Waals surface area contributed by atoms with Crippen LogP contribution in [0.1, 0.15) is 79.1 Å². The van der Waals surface area contributed by atoms with Gasteiger partial charge in [-0.05, 0) is 88.9 Å². The Balaban J connectivity index is 0.000000956. The van der Waals surface area contributed by atoms with Crippen LogP contribution in [0, 0.1) is 23.7 Å². The Morgan fingerprint density at radius 1 is 0.550 bits per heavy atom. The summed E-state index contributed by atoms with van der Waals surface area (Å²) >= 11 is 0. The highest BCUT2D eigenvalue weighted by molar-refractivity contribution is 4.93. The molecule has 0 spiro atoms. The maximum atomic E-state index is 2.43. The third kappa shape index (κ3) is 5.46. The average Bonchev–Trinajstić information content (AvgIpc) is 2.52. The van der Waals surface area contributed by atoms with Crippen molar-refractivity contribution >= 4 is 0 Å². The Hall–Kier alpha value is -0.520. The van der Waals surface area contributed by atoms with Crippen LogP contribution < -0.4 is 0 Å². The van der Waals surface area contributed by atoms with Crippen molar-refractivity contribution < 1.29 is 0 Å². The molecule has 2 fully saturated rings. The standard InChI is InChI=1S/C18H30.C2H6/c1-3-5-15-7-11-17(12-8-15)18-13-9-16(6-4-2)10-14-18;1-2/h3-6,15-18H,7-14H2,1-2H3;1-2H3. The summed E-state index contributed by atoms with van der Waals surface area (Å²) in [6.45, 7) is 8.32. The Labute approximate surface area is 127 Å². The molecule has 2 rings (SSSR count). The maximum absolute atomic E-state index is 2.43. The molecule has 0 aromatic rings. The summed E-state index contributed by atoms with van der Waals surface area (Å²) < 4.78 is 0. The molecule has 0 atom stereocenters. The molecule has 0 unspecified atom stereocenters. The van der Waals surface area contributed by atoms with Crippen molar-refractivity contribution in [2.24, 2.45) is 23.7 Å². The number of rotatable bonds is 3. The molecule has 0 nitrogen and oxygen atoms in total. The zero-order valence-corrected chi connectivity index (χ0v) is 14.3. The summed E-state index contributed by atoms with van der Waals surface area (Å²) in [4.78, 5) is 0. The highest BCUT2D eigenvalue weighted by Gasteiger charge is 2.29. The van der Waals surface area contributed by atoms with E-state index in [-0.39, 0.29) is 0 Å². The molecule has 2 saturated carbocycles. The minimum Gasteiger partial charge on any atom is -0.0914 e. The van der Waals surface area contributed by atoms with Gasteiger partial charge in [0.25, 0.3) is 0 Å². The van der Waals surface area contributed by atoms with E-state index in [4.69, 9.17) is 0 Å². The molecular weight excluding hydrogens is 240 g/mol. The molecular formula is C20H36. The van der Waals surface area contributed by atoms with Crippen molar-refractivity contribution in [3.8, 4) is 0 Å². The molecule has 0 aromatic carbocycles. The normalized spacial score (nSPS) is 35.0. The van der Waals surface area contributed by atoms with Crippen LogP contribution in [0.3, 0.4) is 0 Å². The van der Waals surface area contributed by atoms with Crippen LogP contribution >= 0.6 is 0 Å². The van der Waals surface area contributed by atoms with E-state index < -0.39 is 0 Å². The highest BCUT2D eigenvalue weighted by Crippen LogP contribution is 2.41. The fourth-order valence-electron chi connectivity index (χ4n) is 4.16. The van der Waals surface area contributed by atoms with Gasteiger partial charge in [-0.3, -0.25) is 0 Å². The van der Waals surface area contributed by atoms with Crippen molar-refractivity contribution in [2.75, 3.05) is 0 Å². The van der Waals surface area contributed by atoms with E-state index in [1.54, 1.807) is 0 Å². The fourth-order valence-corrected chi connectivity index (χ4v) is 4.16. The number of hydrogen-bond acceptors (Lipinski definition) is 0. The molecule has 0 radical (unpaired) electrons. The predicted octanol–water partition coefficient (Wildman–Crippen LogP) is 6.78. The van der Waals surface area contributed by atoms with E-state index in [9.17, 15) is 0 Å². The van der Waals surface area contributed by atoms with Crippen molar-refractivity contribution in [1.82, 2.24) is 0 Å². The van der Waals surface area contributed by atoms with Gasteiger partial charge in [0.1, 0.15) is 0 Å². The highest BCUT2D eigenvalue weighted by atomic mass is 14.3. The van der Waals surface area contributed by atoms with E-state index >= 15 is 0 Å². The van der Waals surface area contributed by atoms with Crippen LogP contribution in [-0.4, -0.2) is 0 Å². The first kappa shape index (κ1) is 17.5. The minimum atomic E-state index is 0.894. The summed E-state index contributed by atoms with van der Waals surface area (Å²) in [5.74, 6) is 3.90. The minimum absolute atomic E-state index is 0.894. The Kier molecular flexibility index (Phi) is 8.98. The second-order valence-electron chi connectivity index (χ2n) is 6.40. The van der Waals surface area contributed by atoms with Crippen molar-refractivity contribution in [3.05, 3.63) is 24.3 Å². The monoisotopic (exact) mass is 276 g/mol. The first-order valence-electron chi connectivity index (χ1n) is 9.09. The predicted molar refractivity (Wildman–Crippen MR) is 91.9 cm³/mol. The van der Waals surface area contributed by atoms with Crippen molar-refractivity contribution in [1.29, 1.82) is 0 Å². The van der Waals surface area contributed by atoms with Crippen LogP contribution in [0.25, 0.3) is 0 Å². The average molecular weight is 277 g/mol. The Morgan fingerprint density at radius 3 is 1.10 bits per heavy atom. The Bertz CT molecular complexity index is 240. The van der Waals surface area contributed by atoms with Gasteiger partial charge in [0.05, 0.1) is 0 Å². The van der Waals surface area contributed by atoms with Crippen molar-refractivity contribution in [2.45, 2.75) is 79.1 Å². The van der Waals surface area contributed by atoms with E-state index in [1.165, 1.54) is 51.4 Å². The molecule has 0 aromatic heterocycles. The molecule has 2 aliphatic rings. The molecule has 0 bridgehead atoms. The van der Waals surface area contributed by atoms with Gasteiger partial charge in [0.15, 0.2) is 0 Å².